The monoisotopic (exact) mass is 707 g/mol. The molecule has 33 heavy (non-hydrogen) atoms. The summed E-state index contributed by atoms with van der Waals surface area (Å²) in [6.07, 6.45) is 0.547. The maximum atomic E-state index is 10.1. The predicted molar refractivity (Wildman–Crippen MR) is 114 cm³/mol. The van der Waals surface area contributed by atoms with Crippen molar-refractivity contribution < 1.29 is 84.0 Å². The third-order valence-electron chi connectivity index (χ3n) is 4.86. The van der Waals surface area contributed by atoms with Gasteiger partial charge in [0, 0.05) is 86.6 Å². The van der Waals surface area contributed by atoms with E-state index in [-0.39, 0.29) is 68.6 Å². The molecule has 0 aromatic heterocycles. The second kappa shape index (κ2) is 22.8. The summed E-state index contributed by atoms with van der Waals surface area (Å²) < 4.78 is 39.9. The summed E-state index contributed by atoms with van der Waals surface area (Å²) in [5.74, 6) is 0. The molecule has 0 aromatic carbocycles. The van der Waals surface area contributed by atoms with E-state index < -0.39 is 18.5 Å². The number of carbonyl (C=O) groups excluding carboxylic acids is 1. The zero-order valence-electron chi connectivity index (χ0n) is 20.5. The molecule has 2 aliphatic rings. The van der Waals surface area contributed by atoms with Gasteiger partial charge < -0.3 is 52.9 Å². The summed E-state index contributed by atoms with van der Waals surface area (Å²) in [6.45, 7) is 3.04. The Morgan fingerprint density at radius 1 is 1.00 bits per heavy atom. The van der Waals surface area contributed by atoms with E-state index in [1.165, 1.54) is 14.2 Å². The molecule has 2 aliphatic heterocycles. The Bertz CT molecular complexity index is 446. The van der Waals surface area contributed by atoms with E-state index in [1.54, 1.807) is 35.0 Å². The quantitative estimate of drug-likeness (QED) is 0.209. The van der Waals surface area contributed by atoms with E-state index in [0.717, 1.165) is 6.42 Å². The van der Waals surface area contributed by atoms with Crippen molar-refractivity contribution in [2.45, 2.75) is 62.2 Å². The van der Waals surface area contributed by atoms with E-state index in [2.05, 4.69) is 4.74 Å². The van der Waals surface area contributed by atoms with Crippen molar-refractivity contribution in [3.05, 3.63) is 6.61 Å². The van der Waals surface area contributed by atoms with Gasteiger partial charge in [-0.15, -0.1) is 6.42 Å². The van der Waals surface area contributed by atoms with Crippen LogP contribution in [0.5, 0.6) is 0 Å². The topological polar surface area (TPSA) is 131 Å². The van der Waals surface area contributed by atoms with Gasteiger partial charge in [0.2, 0.25) is 0 Å². The zero-order chi connectivity index (χ0) is 24.4. The van der Waals surface area contributed by atoms with Gasteiger partial charge in [-0.1, -0.05) is 0 Å². The van der Waals surface area contributed by atoms with Crippen LogP contribution in [0.1, 0.15) is 19.3 Å². The van der Waals surface area contributed by atoms with Crippen LogP contribution >= 0.6 is 0 Å². The second-order valence-corrected chi connectivity index (χ2v) is 7.10. The number of methoxy groups -OCH3 is 6. The number of rotatable bonds is 12. The first-order valence-corrected chi connectivity index (χ1v) is 10.4. The largest absolute Gasteiger partial charge is 0.546 e. The molecule has 1 unspecified atom stereocenters. The molecular weight excluding hydrogens is 666 g/mol. The molecule has 0 aromatic rings. The van der Waals surface area contributed by atoms with E-state index in [0.29, 0.717) is 25.9 Å². The molecule has 2 N–H and O–H groups in total. The molecule has 11 nitrogen and oxygen atoms in total. The third kappa shape index (κ3) is 15.1. The van der Waals surface area contributed by atoms with Gasteiger partial charge in [-0.25, -0.2) is 6.61 Å². The first-order valence-electron chi connectivity index (χ1n) is 10.4. The van der Waals surface area contributed by atoms with Crippen molar-refractivity contribution >= 4 is 6.29 Å². The van der Waals surface area contributed by atoms with Crippen LogP contribution in [0.15, 0.2) is 0 Å². The van der Waals surface area contributed by atoms with Crippen LogP contribution in [0.2, 0.25) is 0 Å². The minimum absolute atomic E-state index is 0. The molecule has 0 saturated carbocycles. The standard InChI is InChI=1S/2C7H14O4.C7H13O3.U/c1-9-4-6-5(10-2)3-7(8)11-6;1-10-5-6(9)7(11-2)3-4-8;1-8-5-7-6(9-2)3-4-10-7;/h5-8H,3-4H2,1-2H3;4,6-7,9H,3,5H2,1-2H3;4,6-7H,3,5H2,1-2H3;/q;;-1;/t5-,6-,7?;2*6-,7-;/m111./s1. The Labute approximate surface area is 221 Å². The van der Waals surface area contributed by atoms with E-state index in [4.69, 9.17) is 38.3 Å². The molecule has 12 heteroatoms. The Hall–Kier alpha value is 0.322. The van der Waals surface area contributed by atoms with Gasteiger partial charge >= 0.3 is 0 Å². The van der Waals surface area contributed by atoms with E-state index in [1.807, 2.05) is 0 Å². The molecule has 2 fully saturated rings. The smallest absolute Gasteiger partial charge is 0.157 e. The fourth-order valence-corrected chi connectivity index (χ4v) is 3.11. The van der Waals surface area contributed by atoms with Crippen molar-refractivity contribution in [2.24, 2.45) is 0 Å². The number of hydrogen-bond acceptors (Lipinski definition) is 11. The molecular formula is C21H41O11U-. The van der Waals surface area contributed by atoms with Crippen LogP contribution in [0, 0.1) is 37.7 Å². The Balaban J connectivity index is 0. The Morgan fingerprint density at radius 2 is 1.61 bits per heavy atom. The minimum atomic E-state index is -0.727. The van der Waals surface area contributed by atoms with E-state index >= 15 is 0 Å². The Morgan fingerprint density at radius 3 is 2.09 bits per heavy atom. The van der Waals surface area contributed by atoms with Crippen molar-refractivity contribution in [3.63, 3.8) is 0 Å². The number of aliphatic hydroxyl groups is 2. The number of aldehydes is 1. The van der Waals surface area contributed by atoms with Crippen LogP contribution in [0.4, 0.5) is 0 Å². The van der Waals surface area contributed by atoms with Crippen LogP contribution in [0.3, 0.4) is 0 Å². The molecule has 7 atom stereocenters. The van der Waals surface area contributed by atoms with Crippen LogP contribution in [0.25, 0.3) is 0 Å². The van der Waals surface area contributed by atoms with Crippen LogP contribution in [-0.2, 0) is 42.7 Å². The summed E-state index contributed by atoms with van der Waals surface area (Å²) in [4.78, 5) is 10.1. The van der Waals surface area contributed by atoms with Gasteiger partial charge in [0.1, 0.15) is 18.5 Å². The third-order valence-corrected chi connectivity index (χ3v) is 4.86. The van der Waals surface area contributed by atoms with Crippen molar-refractivity contribution in [2.75, 3.05) is 62.5 Å². The fourth-order valence-electron chi connectivity index (χ4n) is 3.11. The molecule has 2 rings (SSSR count). The van der Waals surface area contributed by atoms with Gasteiger partial charge in [0.15, 0.2) is 6.29 Å². The average molecular weight is 708 g/mol. The number of ether oxygens (including phenoxy) is 8. The first-order chi connectivity index (χ1) is 15.4. The molecule has 0 radical (unpaired) electrons. The normalized spacial score (nSPS) is 27.9. The number of aliphatic hydroxyl groups excluding tert-OH is 2. The van der Waals surface area contributed by atoms with Crippen molar-refractivity contribution in [1.82, 2.24) is 0 Å². The van der Waals surface area contributed by atoms with Crippen LogP contribution < -0.4 is 0 Å². The molecule has 0 amide bonds. The Kier molecular flexibility index (Phi) is 24.5. The predicted octanol–water partition coefficient (Wildman–Crippen LogP) is -0.0487. The SMILES string of the molecule is COC[C@@H](O)[C@@H](CC=O)OC.COC[C@H]1OC(O)C[C@H]1OC.COC[C@H]1O[CH-]C[C@H]1OC.[U]. The van der Waals surface area contributed by atoms with Gasteiger partial charge in [-0.05, 0) is 0 Å². The second-order valence-electron chi connectivity index (χ2n) is 7.10. The fraction of sp³-hybridized carbons (Fsp3) is 0.905. The maximum absolute atomic E-state index is 10.1. The minimum Gasteiger partial charge on any atom is -0.546 e. The summed E-state index contributed by atoms with van der Waals surface area (Å²) in [5, 5.41) is 18.3. The summed E-state index contributed by atoms with van der Waals surface area (Å²) >= 11 is 0. The summed E-state index contributed by atoms with van der Waals surface area (Å²) in [5.41, 5.74) is 0. The van der Waals surface area contributed by atoms with Gasteiger partial charge in [-0.2, -0.15) is 0 Å². The van der Waals surface area contributed by atoms with Gasteiger partial charge in [-0.3, -0.25) is 0 Å². The molecule has 2 saturated heterocycles. The number of carbonyl (C=O) groups is 1. The van der Waals surface area contributed by atoms with E-state index in [9.17, 15) is 9.90 Å². The van der Waals surface area contributed by atoms with Gasteiger partial charge in [0.05, 0.1) is 44.2 Å². The molecule has 196 valence electrons. The zero-order valence-corrected chi connectivity index (χ0v) is 24.7. The van der Waals surface area contributed by atoms with Crippen LogP contribution in [-0.4, -0.2) is 122 Å². The average Bonchev–Trinajstić information content (AvgIpc) is 3.39. The molecule has 0 bridgehead atoms. The summed E-state index contributed by atoms with van der Waals surface area (Å²) in [7, 11) is 9.49. The summed E-state index contributed by atoms with van der Waals surface area (Å²) in [6, 6.07) is 0. The molecule has 2 heterocycles. The molecule has 0 aliphatic carbocycles. The first kappa shape index (κ1) is 35.5. The van der Waals surface area contributed by atoms with Crippen molar-refractivity contribution in [1.29, 1.82) is 0 Å². The maximum Gasteiger partial charge on any atom is 0.157 e. The van der Waals surface area contributed by atoms with Crippen molar-refractivity contribution in [3.8, 4) is 0 Å². The molecule has 0 spiro atoms. The number of hydrogen-bond donors (Lipinski definition) is 2. The van der Waals surface area contributed by atoms with Gasteiger partial charge in [0.25, 0.3) is 0 Å².